The zero-order chi connectivity index (χ0) is 19.1. The molecule has 2 aromatic heterocycles. The summed E-state index contributed by atoms with van der Waals surface area (Å²) in [6, 6.07) is 11.5. The maximum Gasteiger partial charge on any atom is 0.231 e. The highest BCUT2D eigenvalue weighted by Crippen LogP contribution is 2.34. The summed E-state index contributed by atoms with van der Waals surface area (Å²) >= 11 is 1.46. The van der Waals surface area contributed by atoms with Crippen molar-refractivity contribution in [3.8, 4) is 22.8 Å². The Balaban J connectivity index is 1.34. The van der Waals surface area contributed by atoms with Gasteiger partial charge in [-0.3, -0.25) is 9.20 Å². The quantitative estimate of drug-likeness (QED) is 0.565. The molecular weight excluding hydrogens is 381 g/mol. The number of fused-ring (bicyclic) bond motifs is 2. The molecule has 140 valence electrons. The maximum atomic E-state index is 13.1. The summed E-state index contributed by atoms with van der Waals surface area (Å²) in [7, 11) is 0. The van der Waals surface area contributed by atoms with E-state index in [1.807, 2.05) is 16.0 Å². The highest BCUT2D eigenvalue weighted by molar-refractivity contribution is 7.15. The summed E-state index contributed by atoms with van der Waals surface area (Å²) in [5, 5.41) is 4.79. The first-order valence-corrected chi connectivity index (χ1v) is 9.44. The maximum absolute atomic E-state index is 13.1. The van der Waals surface area contributed by atoms with Crippen LogP contribution in [0.2, 0.25) is 0 Å². The number of nitrogens with one attached hydrogen (secondary N) is 1. The van der Waals surface area contributed by atoms with Crippen molar-refractivity contribution in [3.63, 3.8) is 0 Å². The van der Waals surface area contributed by atoms with E-state index in [1.165, 1.54) is 23.5 Å². The predicted octanol–water partition coefficient (Wildman–Crippen LogP) is 4.11. The Morgan fingerprint density at radius 3 is 2.86 bits per heavy atom. The van der Waals surface area contributed by atoms with Gasteiger partial charge in [0.2, 0.25) is 12.7 Å². The number of carbonyl (C=O) groups excluding carboxylic acids is 1. The molecule has 4 aromatic rings. The molecule has 1 amide bonds. The molecule has 0 radical (unpaired) electrons. The lowest BCUT2D eigenvalue weighted by atomic mass is 10.2. The van der Waals surface area contributed by atoms with Crippen LogP contribution in [0.15, 0.2) is 54.0 Å². The summed E-state index contributed by atoms with van der Waals surface area (Å²) < 4.78 is 25.6. The molecule has 0 saturated carbocycles. The number of hydrogen-bond donors (Lipinski definition) is 1. The van der Waals surface area contributed by atoms with E-state index >= 15 is 0 Å². The molecule has 28 heavy (non-hydrogen) atoms. The fourth-order valence-electron chi connectivity index (χ4n) is 3.06. The second-order valence-electron chi connectivity index (χ2n) is 6.31. The van der Waals surface area contributed by atoms with Crippen molar-refractivity contribution in [1.82, 2.24) is 9.38 Å². The van der Waals surface area contributed by atoms with Crippen molar-refractivity contribution in [2.45, 2.75) is 6.42 Å². The zero-order valence-electron chi connectivity index (χ0n) is 14.5. The van der Waals surface area contributed by atoms with E-state index in [2.05, 4.69) is 10.3 Å². The van der Waals surface area contributed by atoms with Crippen LogP contribution in [0, 0.1) is 5.82 Å². The van der Waals surface area contributed by atoms with Crippen LogP contribution in [0.4, 0.5) is 10.1 Å². The minimum atomic E-state index is -0.286. The lowest BCUT2D eigenvalue weighted by molar-refractivity contribution is -0.115. The second kappa shape index (κ2) is 6.65. The van der Waals surface area contributed by atoms with Crippen molar-refractivity contribution in [1.29, 1.82) is 0 Å². The average Bonchev–Trinajstić information content (AvgIpc) is 3.39. The number of hydrogen-bond acceptors (Lipinski definition) is 5. The van der Waals surface area contributed by atoms with Crippen molar-refractivity contribution in [2.24, 2.45) is 0 Å². The molecule has 3 heterocycles. The Hall–Kier alpha value is -3.39. The Morgan fingerprint density at radius 2 is 2.00 bits per heavy atom. The van der Waals surface area contributed by atoms with Gasteiger partial charge in [-0.25, -0.2) is 9.37 Å². The van der Waals surface area contributed by atoms with Gasteiger partial charge in [-0.15, -0.1) is 11.3 Å². The van der Waals surface area contributed by atoms with Crippen LogP contribution in [0.3, 0.4) is 0 Å². The Kier molecular flexibility index (Phi) is 3.98. The molecule has 0 atom stereocenters. The van der Waals surface area contributed by atoms with Gasteiger partial charge in [0.1, 0.15) is 5.82 Å². The summed E-state index contributed by atoms with van der Waals surface area (Å²) in [6.45, 7) is 0.191. The minimum Gasteiger partial charge on any atom is -0.454 e. The Labute approximate surface area is 163 Å². The normalized spacial score (nSPS) is 12.5. The summed E-state index contributed by atoms with van der Waals surface area (Å²) in [5.41, 5.74) is 3.05. The lowest BCUT2D eigenvalue weighted by Crippen LogP contribution is -2.15. The molecule has 8 heteroatoms. The molecule has 0 spiro atoms. The molecule has 0 bridgehead atoms. The number of aromatic nitrogens is 2. The van der Waals surface area contributed by atoms with Crippen molar-refractivity contribution in [3.05, 3.63) is 65.6 Å². The first kappa shape index (κ1) is 16.8. The van der Waals surface area contributed by atoms with Crippen molar-refractivity contribution < 1.29 is 18.7 Å². The molecule has 0 saturated heterocycles. The number of benzene rings is 2. The standard InChI is InChI=1S/C20H14FN3O3S/c21-13-3-1-12(2-4-13)16-9-24-15(10-28-20(24)23-16)8-19(25)22-14-5-6-17-18(7-14)27-11-26-17/h1-7,9-10H,8,11H2,(H,22,25). The van der Waals surface area contributed by atoms with Crippen LogP contribution >= 0.6 is 11.3 Å². The Bertz CT molecular complexity index is 1180. The topological polar surface area (TPSA) is 64.9 Å². The highest BCUT2D eigenvalue weighted by atomic mass is 32.1. The third-order valence-corrected chi connectivity index (χ3v) is 5.31. The van der Waals surface area contributed by atoms with Gasteiger partial charge in [-0.2, -0.15) is 0 Å². The number of amides is 1. The molecule has 1 aliphatic heterocycles. The summed E-state index contributed by atoms with van der Waals surface area (Å²) in [5.74, 6) is 0.861. The van der Waals surface area contributed by atoms with Gasteiger partial charge in [-0.1, -0.05) is 0 Å². The lowest BCUT2D eigenvalue weighted by Gasteiger charge is -2.06. The largest absolute Gasteiger partial charge is 0.454 e. The van der Waals surface area contributed by atoms with Crippen LogP contribution in [0.1, 0.15) is 5.69 Å². The molecule has 1 N–H and O–H groups in total. The molecule has 2 aromatic carbocycles. The molecular formula is C20H14FN3O3S. The zero-order valence-corrected chi connectivity index (χ0v) is 15.3. The highest BCUT2D eigenvalue weighted by Gasteiger charge is 2.16. The van der Waals surface area contributed by atoms with E-state index in [0.717, 1.165) is 21.9 Å². The molecule has 0 unspecified atom stereocenters. The summed E-state index contributed by atoms with van der Waals surface area (Å²) in [4.78, 5) is 17.8. The van der Waals surface area contributed by atoms with Gasteiger partial charge in [0, 0.05) is 34.6 Å². The molecule has 0 aliphatic carbocycles. The van der Waals surface area contributed by atoms with Crippen molar-refractivity contribution in [2.75, 3.05) is 12.1 Å². The smallest absolute Gasteiger partial charge is 0.231 e. The number of halogens is 1. The van der Waals surface area contributed by atoms with Crippen LogP contribution in [-0.2, 0) is 11.2 Å². The SMILES string of the molecule is O=C(Cc1csc2nc(-c3ccc(F)cc3)cn12)Nc1ccc2c(c1)OCO2. The third kappa shape index (κ3) is 3.07. The average molecular weight is 395 g/mol. The van der Waals surface area contributed by atoms with E-state index in [4.69, 9.17) is 9.47 Å². The van der Waals surface area contributed by atoms with Gasteiger partial charge in [0.15, 0.2) is 16.5 Å². The van der Waals surface area contributed by atoms with Crippen molar-refractivity contribution >= 4 is 27.9 Å². The number of ether oxygens (including phenoxy) is 2. The molecule has 0 fully saturated rings. The van der Waals surface area contributed by atoms with Gasteiger partial charge in [-0.05, 0) is 36.4 Å². The number of thiazole rings is 1. The molecule has 6 nitrogen and oxygen atoms in total. The fourth-order valence-corrected chi connectivity index (χ4v) is 3.93. The van der Waals surface area contributed by atoms with Crippen LogP contribution in [0.25, 0.3) is 16.2 Å². The van der Waals surface area contributed by atoms with E-state index in [-0.39, 0.29) is 24.9 Å². The van der Waals surface area contributed by atoms with E-state index in [9.17, 15) is 9.18 Å². The number of rotatable bonds is 4. The monoisotopic (exact) mass is 395 g/mol. The van der Waals surface area contributed by atoms with Crippen LogP contribution in [-0.4, -0.2) is 22.1 Å². The number of imidazole rings is 1. The van der Waals surface area contributed by atoms with Gasteiger partial charge in [0.25, 0.3) is 0 Å². The third-order valence-electron chi connectivity index (χ3n) is 4.42. The first-order chi connectivity index (χ1) is 13.7. The van der Waals surface area contributed by atoms with Gasteiger partial charge < -0.3 is 14.8 Å². The molecule has 1 aliphatic rings. The van der Waals surface area contributed by atoms with E-state index in [0.29, 0.717) is 17.2 Å². The van der Waals surface area contributed by atoms with Crippen LogP contribution < -0.4 is 14.8 Å². The van der Waals surface area contributed by atoms with Gasteiger partial charge in [0.05, 0.1) is 12.1 Å². The Morgan fingerprint density at radius 1 is 1.18 bits per heavy atom. The number of anilines is 1. The first-order valence-electron chi connectivity index (χ1n) is 8.57. The van der Waals surface area contributed by atoms with Gasteiger partial charge >= 0.3 is 0 Å². The second-order valence-corrected chi connectivity index (χ2v) is 7.14. The minimum absolute atomic E-state index is 0.143. The van der Waals surface area contributed by atoms with E-state index < -0.39 is 0 Å². The van der Waals surface area contributed by atoms with E-state index in [1.54, 1.807) is 30.3 Å². The summed E-state index contributed by atoms with van der Waals surface area (Å²) in [6.07, 6.45) is 2.07. The molecule has 5 rings (SSSR count). The number of nitrogens with zero attached hydrogens (tertiary/aromatic N) is 2. The van der Waals surface area contributed by atoms with Crippen LogP contribution in [0.5, 0.6) is 11.5 Å². The fraction of sp³-hybridized carbons (Fsp3) is 0.100. The predicted molar refractivity (Wildman–Crippen MR) is 103 cm³/mol. The number of carbonyl (C=O) groups is 1.